The van der Waals surface area contributed by atoms with E-state index in [-0.39, 0.29) is 0 Å². The van der Waals surface area contributed by atoms with E-state index in [1.54, 1.807) is 0 Å². The number of rotatable bonds is 3. The molecule has 0 aromatic heterocycles. The summed E-state index contributed by atoms with van der Waals surface area (Å²) in [7, 11) is 0. The highest BCUT2D eigenvalue weighted by molar-refractivity contribution is 5.80. The summed E-state index contributed by atoms with van der Waals surface area (Å²) < 4.78 is 13.5. The van der Waals surface area contributed by atoms with Crippen molar-refractivity contribution in [3.8, 4) is 56.4 Å². The topological polar surface area (TPSA) is 18.5 Å². The zero-order valence-electron chi connectivity index (χ0n) is 24.5. The normalized spacial score (nSPS) is 15.6. The number of benzene rings is 7. The third-order valence-electron chi connectivity index (χ3n) is 9.20. The van der Waals surface area contributed by atoms with Gasteiger partial charge >= 0.3 is 0 Å². The molecule has 0 saturated heterocycles. The summed E-state index contributed by atoms with van der Waals surface area (Å²) in [4.78, 5) is 0. The lowest BCUT2D eigenvalue weighted by Crippen LogP contribution is -2.36. The van der Waals surface area contributed by atoms with Crippen molar-refractivity contribution in [2.75, 3.05) is 0 Å². The second kappa shape index (κ2) is 10.1. The van der Waals surface area contributed by atoms with Crippen LogP contribution in [0.1, 0.15) is 22.3 Å². The van der Waals surface area contributed by atoms with Gasteiger partial charge in [-0.25, -0.2) is 0 Å². The van der Waals surface area contributed by atoms with Gasteiger partial charge in [0.25, 0.3) is 0 Å². The van der Waals surface area contributed by atoms with E-state index in [4.69, 9.17) is 9.47 Å². The minimum atomic E-state index is -0.617. The van der Waals surface area contributed by atoms with Crippen molar-refractivity contribution in [2.24, 2.45) is 0 Å². The third-order valence-corrected chi connectivity index (χ3v) is 9.20. The molecule has 1 unspecified atom stereocenters. The van der Waals surface area contributed by atoms with Gasteiger partial charge in [-0.15, -0.1) is 0 Å². The van der Waals surface area contributed by atoms with Crippen LogP contribution in [0.3, 0.4) is 0 Å². The monoisotopic (exact) mass is 576 g/mol. The van der Waals surface area contributed by atoms with Crippen molar-refractivity contribution in [1.82, 2.24) is 0 Å². The molecule has 1 spiro atoms. The molecule has 1 atom stereocenters. The minimum Gasteiger partial charge on any atom is -0.457 e. The molecule has 0 saturated carbocycles. The summed E-state index contributed by atoms with van der Waals surface area (Å²) in [6.07, 6.45) is 0. The van der Waals surface area contributed by atoms with E-state index < -0.39 is 5.41 Å². The van der Waals surface area contributed by atoms with Gasteiger partial charge in [-0.1, -0.05) is 140 Å². The summed E-state index contributed by atoms with van der Waals surface area (Å²) in [6.45, 7) is 0. The molecule has 45 heavy (non-hydrogen) atoms. The highest BCUT2D eigenvalue weighted by atomic mass is 16.5. The SMILES string of the molecule is c1ccc(-c2cccc(-c3ccc4c(c3)Oc3ccccc3C43c4ccccc4Oc4cc(-c5ccccc5)ccc43)c2)cc1. The number of hydrogen-bond acceptors (Lipinski definition) is 2. The van der Waals surface area contributed by atoms with E-state index in [0.717, 1.165) is 67.5 Å². The molecule has 2 heteroatoms. The smallest absolute Gasteiger partial charge is 0.132 e. The zero-order chi connectivity index (χ0) is 29.8. The van der Waals surface area contributed by atoms with Crippen molar-refractivity contribution in [2.45, 2.75) is 5.41 Å². The van der Waals surface area contributed by atoms with E-state index in [1.807, 2.05) is 12.1 Å². The highest BCUT2D eigenvalue weighted by Gasteiger charge is 2.50. The molecule has 0 bridgehead atoms. The van der Waals surface area contributed by atoms with Crippen LogP contribution in [-0.4, -0.2) is 0 Å². The number of ether oxygens (including phenoxy) is 2. The molecule has 0 N–H and O–H groups in total. The minimum absolute atomic E-state index is 0.617. The van der Waals surface area contributed by atoms with Gasteiger partial charge in [0.15, 0.2) is 0 Å². The first-order valence-electron chi connectivity index (χ1n) is 15.3. The van der Waals surface area contributed by atoms with Gasteiger partial charge in [-0.05, 0) is 63.7 Å². The van der Waals surface area contributed by atoms with E-state index in [0.29, 0.717) is 0 Å². The lowest BCUT2D eigenvalue weighted by molar-refractivity contribution is 0.399. The second-order valence-electron chi connectivity index (χ2n) is 11.7. The fourth-order valence-corrected chi connectivity index (χ4v) is 7.17. The summed E-state index contributed by atoms with van der Waals surface area (Å²) in [5, 5.41) is 0. The molecular formula is C43H28O2. The van der Waals surface area contributed by atoms with Gasteiger partial charge in [0, 0.05) is 22.3 Å². The van der Waals surface area contributed by atoms with Crippen LogP contribution in [0.4, 0.5) is 0 Å². The lowest BCUT2D eigenvalue weighted by Gasteiger charge is -2.45. The van der Waals surface area contributed by atoms with E-state index in [9.17, 15) is 0 Å². The number of hydrogen-bond donors (Lipinski definition) is 0. The maximum Gasteiger partial charge on any atom is 0.132 e. The molecule has 0 fully saturated rings. The highest BCUT2D eigenvalue weighted by Crippen LogP contribution is 2.61. The maximum absolute atomic E-state index is 6.76. The molecule has 0 radical (unpaired) electrons. The number of para-hydroxylation sites is 2. The molecule has 2 nitrogen and oxygen atoms in total. The van der Waals surface area contributed by atoms with Gasteiger partial charge in [0.1, 0.15) is 23.0 Å². The molecule has 9 rings (SSSR count). The Morgan fingerprint density at radius 3 is 1.18 bits per heavy atom. The Hall–Kier alpha value is -5.86. The fourth-order valence-electron chi connectivity index (χ4n) is 7.17. The Morgan fingerprint density at radius 1 is 0.267 bits per heavy atom. The summed E-state index contributed by atoms with van der Waals surface area (Å²) in [5.74, 6) is 3.43. The van der Waals surface area contributed by atoms with Crippen molar-refractivity contribution in [1.29, 1.82) is 0 Å². The van der Waals surface area contributed by atoms with E-state index in [2.05, 4.69) is 158 Å². The standard InChI is InChI=1S/C43H28O2/c1-3-12-29(13-4-1)31-16-11-17-32(26-31)34-23-25-38-42(28-34)45-40-21-10-8-19-36(40)43(38)35-18-7-9-20-39(35)44-41-27-33(22-24-37(41)43)30-14-5-2-6-15-30/h1-28H. The first kappa shape index (κ1) is 25.6. The van der Waals surface area contributed by atoms with Crippen molar-refractivity contribution in [3.63, 3.8) is 0 Å². The van der Waals surface area contributed by atoms with Crippen molar-refractivity contribution in [3.05, 3.63) is 192 Å². The Bertz CT molecular complexity index is 2200. The largest absolute Gasteiger partial charge is 0.457 e. The molecule has 0 aliphatic carbocycles. The Kier molecular flexibility index (Phi) is 5.76. The molecule has 7 aromatic carbocycles. The molecule has 2 heterocycles. The van der Waals surface area contributed by atoms with Crippen LogP contribution in [0.25, 0.3) is 33.4 Å². The van der Waals surface area contributed by atoms with Crippen LogP contribution in [0.15, 0.2) is 170 Å². The van der Waals surface area contributed by atoms with Gasteiger partial charge < -0.3 is 9.47 Å². The first-order chi connectivity index (χ1) is 22.3. The van der Waals surface area contributed by atoms with Crippen LogP contribution >= 0.6 is 0 Å². The van der Waals surface area contributed by atoms with Gasteiger partial charge in [-0.2, -0.15) is 0 Å². The summed E-state index contributed by atoms with van der Waals surface area (Å²) in [6, 6.07) is 59.9. The Morgan fingerprint density at radius 2 is 0.644 bits per heavy atom. The zero-order valence-corrected chi connectivity index (χ0v) is 24.5. The predicted molar refractivity (Wildman–Crippen MR) is 181 cm³/mol. The third kappa shape index (κ3) is 3.96. The van der Waals surface area contributed by atoms with E-state index in [1.165, 1.54) is 11.1 Å². The van der Waals surface area contributed by atoms with Crippen LogP contribution in [-0.2, 0) is 5.41 Å². The van der Waals surface area contributed by atoms with Gasteiger partial charge in [-0.3, -0.25) is 0 Å². The first-order valence-corrected chi connectivity index (χ1v) is 15.3. The lowest BCUT2D eigenvalue weighted by atomic mass is 9.62. The fraction of sp³-hybridized carbons (Fsp3) is 0.0233. The van der Waals surface area contributed by atoms with Gasteiger partial charge in [0.2, 0.25) is 0 Å². The summed E-state index contributed by atoms with van der Waals surface area (Å²) in [5.41, 5.74) is 10.8. The average Bonchev–Trinajstić information content (AvgIpc) is 3.12. The quantitative estimate of drug-likeness (QED) is 0.208. The molecular weight excluding hydrogens is 548 g/mol. The van der Waals surface area contributed by atoms with Crippen LogP contribution < -0.4 is 9.47 Å². The van der Waals surface area contributed by atoms with Crippen LogP contribution in [0.2, 0.25) is 0 Å². The molecule has 212 valence electrons. The second-order valence-corrected chi connectivity index (χ2v) is 11.7. The van der Waals surface area contributed by atoms with Crippen LogP contribution in [0, 0.1) is 0 Å². The maximum atomic E-state index is 6.76. The van der Waals surface area contributed by atoms with Crippen LogP contribution in [0.5, 0.6) is 23.0 Å². The average molecular weight is 577 g/mol. The predicted octanol–water partition coefficient (Wildman–Crippen LogP) is 11.3. The molecule has 7 aromatic rings. The molecule has 2 aliphatic heterocycles. The molecule has 2 aliphatic rings. The Labute approximate surface area is 262 Å². The number of fused-ring (bicyclic) bond motifs is 8. The van der Waals surface area contributed by atoms with Crippen molar-refractivity contribution < 1.29 is 9.47 Å². The van der Waals surface area contributed by atoms with Crippen molar-refractivity contribution >= 4 is 0 Å². The Balaban J connectivity index is 1.28. The van der Waals surface area contributed by atoms with E-state index >= 15 is 0 Å². The summed E-state index contributed by atoms with van der Waals surface area (Å²) >= 11 is 0. The van der Waals surface area contributed by atoms with Gasteiger partial charge in [0.05, 0.1) is 5.41 Å². The molecule has 0 amide bonds.